The second-order valence-electron chi connectivity index (χ2n) is 6.88. The molecular formula is C26H23ClP+. The van der Waals surface area contributed by atoms with Gasteiger partial charge < -0.3 is 0 Å². The fourth-order valence-corrected chi connectivity index (χ4v) is 8.43. The highest BCUT2D eigenvalue weighted by atomic mass is 35.5. The third-order valence-electron chi connectivity index (χ3n) is 5.26. The smallest absolute Gasteiger partial charge is 0.116 e. The Bertz CT molecular complexity index is 917. The summed E-state index contributed by atoms with van der Waals surface area (Å²) in [6, 6.07) is 41.6. The minimum absolute atomic E-state index is 0.536. The summed E-state index contributed by atoms with van der Waals surface area (Å²) in [6.07, 6.45) is 0.966. The van der Waals surface area contributed by atoms with E-state index in [1.165, 1.54) is 27.0 Å². The Kier molecular flexibility index (Phi) is 5.91. The molecule has 0 aliphatic carbocycles. The van der Waals surface area contributed by atoms with Crippen LogP contribution < -0.4 is 15.9 Å². The zero-order valence-electron chi connectivity index (χ0n) is 15.7. The molecule has 0 atom stereocenters. The zero-order chi connectivity index (χ0) is 19.2. The first kappa shape index (κ1) is 18.9. The number of rotatable bonds is 6. The molecule has 0 heterocycles. The van der Waals surface area contributed by atoms with Crippen LogP contribution in [-0.4, -0.2) is 0 Å². The molecule has 0 radical (unpaired) electrons. The van der Waals surface area contributed by atoms with Gasteiger partial charge in [0.1, 0.15) is 23.2 Å². The van der Waals surface area contributed by atoms with Gasteiger partial charge in [-0.25, -0.2) is 0 Å². The van der Waals surface area contributed by atoms with Crippen molar-refractivity contribution < 1.29 is 0 Å². The summed E-state index contributed by atoms with van der Waals surface area (Å²) in [4.78, 5) is 0. The lowest BCUT2D eigenvalue weighted by molar-refractivity contribution is 1.26. The minimum atomic E-state index is -1.87. The standard InChI is InChI=1S/C26H23ClP/c27-20-22-12-10-11-13-23(22)21-28(24-14-4-1-5-15-24,25-16-6-2-7-17-25)26-18-8-3-9-19-26/h1-19H,20-21H2/q+1. The van der Waals surface area contributed by atoms with Gasteiger partial charge in [-0.15, -0.1) is 11.6 Å². The van der Waals surface area contributed by atoms with E-state index in [9.17, 15) is 0 Å². The highest BCUT2D eigenvalue weighted by molar-refractivity contribution is 7.95. The van der Waals surface area contributed by atoms with Crippen LogP contribution in [0.15, 0.2) is 115 Å². The van der Waals surface area contributed by atoms with Crippen molar-refractivity contribution in [2.24, 2.45) is 0 Å². The van der Waals surface area contributed by atoms with Crippen LogP contribution in [0.5, 0.6) is 0 Å². The quantitative estimate of drug-likeness (QED) is 0.278. The van der Waals surface area contributed by atoms with E-state index in [1.54, 1.807) is 0 Å². The zero-order valence-corrected chi connectivity index (χ0v) is 17.4. The van der Waals surface area contributed by atoms with Gasteiger partial charge in [0.15, 0.2) is 0 Å². The van der Waals surface area contributed by atoms with E-state index in [1.807, 2.05) is 0 Å². The van der Waals surface area contributed by atoms with Crippen molar-refractivity contribution in [1.29, 1.82) is 0 Å². The molecule has 138 valence electrons. The molecule has 0 bridgehead atoms. The molecule has 0 N–H and O–H groups in total. The van der Waals surface area contributed by atoms with Gasteiger partial charge in [0.25, 0.3) is 0 Å². The van der Waals surface area contributed by atoms with Crippen LogP contribution in [0.3, 0.4) is 0 Å². The normalized spacial score (nSPS) is 11.3. The van der Waals surface area contributed by atoms with Crippen molar-refractivity contribution in [3.63, 3.8) is 0 Å². The molecule has 0 unspecified atom stereocenters. The largest absolute Gasteiger partial charge is 0.122 e. The molecule has 0 saturated heterocycles. The Hall–Kier alpha value is -2.40. The van der Waals surface area contributed by atoms with Crippen molar-refractivity contribution in [2.75, 3.05) is 0 Å². The van der Waals surface area contributed by atoms with Gasteiger partial charge in [-0.05, 0) is 47.5 Å². The third-order valence-corrected chi connectivity index (χ3v) is 9.90. The van der Waals surface area contributed by atoms with Crippen molar-refractivity contribution >= 4 is 34.8 Å². The van der Waals surface area contributed by atoms with Crippen molar-refractivity contribution in [3.8, 4) is 0 Å². The van der Waals surface area contributed by atoms with E-state index in [0.717, 1.165) is 6.16 Å². The maximum Gasteiger partial charge on any atom is 0.116 e. The molecule has 0 saturated carbocycles. The van der Waals surface area contributed by atoms with Gasteiger partial charge in [-0.3, -0.25) is 0 Å². The molecule has 2 heteroatoms. The predicted octanol–water partition coefficient (Wildman–Crippen LogP) is 5.92. The highest BCUT2D eigenvalue weighted by Gasteiger charge is 2.45. The first-order valence-electron chi connectivity index (χ1n) is 9.52. The van der Waals surface area contributed by atoms with Crippen LogP contribution in [0, 0.1) is 0 Å². The monoisotopic (exact) mass is 401 g/mol. The van der Waals surface area contributed by atoms with Crippen molar-refractivity contribution in [1.82, 2.24) is 0 Å². The lowest BCUT2D eigenvalue weighted by atomic mass is 10.1. The average molecular weight is 402 g/mol. The van der Waals surface area contributed by atoms with Crippen LogP contribution in [0.2, 0.25) is 0 Å². The Balaban J connectivity index is 2.01. The van der Waals surface area contributed by atoms with Crippen molar-refractivity contribution in [2.45, 2.75) is 12.0 Å². The Morgan fingerprint density at radius 1 is 0.464 bits per heavy atom. The summed E-state index contributed by atoms with van der Waals surface area (Å²) in [7, 11) is -1.87. The summed E-state index contributed by atoms with van der Waals surface area (Å²) >= 11 is 6.31. The summed E-state index contributed by atoms with van der Waals surface area (Å²) in [5.41, 5.74) is 2.55. The molecule has 0 amide bonds. The number of hydrogen-bond acceptors (Lipinski definition) is 0. The van der Waals surface area contributed by atoms with E-state index in [4.69, 9.17) is 11.6 Å². The van der Waals surface area contributed by atoms with Crippen LogP contribution >= 0.6 is 18.9 Å². The topological polar surface area (TPSA) is 0 Å². The van der Waals surface area contributed by atoms with E-state index < -0.39 is 7.26 Å². The predicted molar refractivity (Wildman–Crippen MR) is 125 cm³/mol. The van der Waals surface area contributed by atoms with Gasteiger partial charge >= 0.3 is 0 Å². The van der Waals surface area contributed by atoms with Crippen LogP contribution in [0.1, 0.15) is 11.1 Å². The molecule has 4 aromatic rings. The van der Waals surface area contributed by atoms with Crippen molar-refractivity contribution in [3.05, 3.63) is 126 Å². The molecule has 0 fully saturated rings. The molecule has 0 spiro atoms. The fraction of sp³-hybridized carbons (Fsp3) is 0.0769. The van der Waals surface area contributed by atoms with E-state index in [-0.39, 0.29) is 0 Å². The second-order valence-corrected chi connectivity index (χ2v) is 10.6. The SMILES string of the molecule is ClCc1ccccc1C[P+](c1ccccc1)(c1ccccc1)c1ccccc1. The number of hydrogen-bond donors (Lipinski definition) is 0. The Morgan fingerprint density at radius 3 is 1.21 bits per heavy atom. The first-order valence-corrected chi connectivity index (χ1v) is 12.0. The van der Waals surface area contributed by atoms with Crippen LogP contribution in [0.25, 0.3) is 0 Å². The van der Waals surface area contributed by atoms with Crippen LogP contribution in [0.4, 0.5) is 0 Å². The maximum absolute atomic E-state index is 6.31. The molecule has 28 heavy (non-hydrogen) atoms. The number of halogens is 1. The summed E-state index contributed by atoms with van der Waals surface area (Å²) in [6.45, 7) is 0. The van der Waals surface area contributed by atoms with Gasteiger partial charge in [-0.2, -0.15) is 0 Å². The lowest BCUT2D eigenvalue weighted by Gasteiger charge is -2.28. The molecule has 0 aromatic heterocycles. The molecular weight excluding hydrogens is 379 g/mol. The Morgan fingerprint density at radius 2 is 0.821 bits per heavy atom. The molecule has 4 aromatic carbocycles. The van der Waals surface area contributed by atoms with Gasteiger partial charge in [0.2, 0.25) is 0 Å². The van der Waals surface area contributed by atoms with Gasteiger partial charge in [-0.1, -0.05) is 78.9 Å². The number of alkyl halides is 1. The first-order chi connectivity index (χ1) is 13.8. The molecule has 0 aliphatic rings. The van der Waals surface area contributed by atoms with E-state index in [2.05, 4.69) is 115 Å². The molecule has 0 aliphatic heterocycles. The maximum atomic E-state index is 6.31. The van der Waals surface area contributed by atoms with Gasteiger partial charge in [0.05, 0.1) is 6.16 Å². The lowest BCUT2D eigenvalue weighted by Crippen LogP contribution is -2.32. The van der Waals surface area contributed by atoms with E-state index >= 15 is 0 Å². The van der Waals surface area contributed by atoms with Crippen LogP contribution in [-0.2, 0) is 12.0 Å². The summed E-state index contributed by atoms with van der Waals surface area (Å²) in [5.74, 6) is 0.536. The number of benzene rings is 4. The Labute approximate surface area is 173 Å². The summed E-state index contributed by atoms with van der Waals surface area (Å²) in [5, 5.41) is 4.20. The molecule has 0 nitrogen and oxygen atoms in total. The summed E-state index contributed by atoms with van der Waals surface area (Å²) < 4.78 is 0. The highest BCUT2D eigenvalue weighted by Crippen LogP contribution is 2.58. The average Bonchev–Trinajstić information content (AvgIpc) is 2.79. The third kappa shape index (κ3) is 3.63. The van der Waals surface area contributed by atoms with E-state index in [0.29, 0.717) is 5.88 Å². The second kappa shape index (κ2) is 8.74. The minimum Gasteiger partial charge on any atom is -0.122 e. The molecule has 4 rings (SSSR count). The van der Waals surface area contributed by atoms with Gasteiger partial charge in [0, 0.05) is 5.88 Å². The fourth-order valence-electron chi connectivity index (χ4n) is 3.87.